The molecule has 17 heavy (non-hydrogen) atoms. The Labute approximate surface area is 115 Å². The third kappa shape index (κ3) is 3.13. The van der Waals surface area contributed by atoms with Gasteiger partial charge in [0.15, 0.2) is 5.17 Å². The molecule has 0 fully saturated rings. The number of nitrogens with zero attached hydrogens (tertiary/aromatic N) is 1. The molecule has 1 N–H and O–H groups in total. The van der Waals surface area contributed by atoms with Crippen LogP contribution in [0.1, 0.15) is 20.3 Å². The molecular formula is C9H13ClN2O2S3. The van der Waals surface area contributed by atoms with Gasteiger partial charge in [0.05, 0.1) is 4.71 Å². The Morgan fingerprint density at radius 2 is 2.35 bits per heavy atom. The SMILES string of the molecule is CC(C)CSC1=NS(=O)(=O)C2=C(CC(Cl)S2)N1. The first kappa shape index (κ1) is 13.6. The van der Waals surface area contributed by atoms with Crippen LogP contribution in [0, 0.1) is 5.92 Å². The standard InChI is InChI=1S/C9H13ClN2O2S3/c1-5(2)4-15-9-11-6-3-7(10)16-8(6)17(13,14)12-9/h5,7H,3-4H2,1-2H3,(H,11,12). The zero-order valence-corrected chi connectivity index (χ0v) is 12.6. The van der Waals surface area contributed by atoms with Crippen molar-refractivity contribution in [2.45, 2.75) is 25.0 Å². The Morgan fingerprint density at radius 1 is 1.65 bits per heavy atom. The van der Waals surface area contributed by atoms with Crippen LogP contribution in [0.15, 0.2) is 14.3 Å². The minimum absolute atomic E-state index is 0.216. The summed E-state index contributed by atoms with van der Waals surface area (Å²) in [4.78, 5) is 0. The fourth-order valence-electron chi connectivity index (χ4n) is 1.40. The van der Waals surface area contributed by atoms with Crippen molar-refractivity contribution < 1.29 is 8.42 Å². The molecular weight excluding hydrogens is 300 g/mol. The number of allylic oxidation sites excluding steroid dienone is 1. The Balaban J connectivity index is 2.15. The first-order chi connectivity index (χ1) is 7.88. The van der Waals surface area contributed by atoms with E-state index >= 15 is 0 Å². The molecule has 0 aromatic rings. The van der Waals surface area contributed by atoms with Crippen LogP contribution in [0.4, 0.5) is 0 Å². The molecule has 0 aromatic heterocycles. The second kappa shape index (κ2) is 5.03. The summed E-state index contributed by atoms with van der Waals surface area (Å²) in [5.41, 5.74) is 0.691. The van der Waals surface area contributed by atoms with E-state index in [0.717, 1.165) is 17.5 Å². The summed E-state index contributed by atoms with van der Waals surface area (Å²) in [5, 5.41) is 3.53. The summed E-state index contributed by atoms with van der Waals surface area (Å²) in [5.74, 6) is 1.32. The van der Waals surface area contributed by atoms with E-state index in [-0.39, 0.29) is 8.95 Å². The van der Waals surface area contributed by atoms with Gasteiger partial charge in [-0.05, 0) is 5.92 Å². The van der Waals surface area contributed by atoms with Crippen molar-refractivity contribution >= 4 is 50.3 Å². The van der Waals surface area contributed by atoms with Gasteiger partial charge in [-0.25, -0.2) is 0 Å². The lowest BCUT2D eigenvalue weighted by Crippen LogP contribution is -2.27. The molecule has 0 aliphatic carbocycles. The molecule has 4 nitrogen and oxygen atoms in total. The van der Waals surface area contributed by atoms with Crippen LogP contribution in [0.5, 0.6) is 0 Å². The summed E-state index contributed by atoms with van der Waals surface area (Å²) >= 11 is 8.54. The lowest BCUT2D eigenvalue weighted by Gasteiger charge is -2.16. The highest BCUT2D eigenvalue weighted by atomic mass is 35.5. The van der Waals surface area contributed by atoms with E-state index < -0.39 is 10.0 Å². The minimum Gasteiger partial charge on any atom is -0.336 e. The highest BCUT2D eigenvalue weighted by Gasteiger charge is 2.36. The van der Waals surface area contributed by atoms with E-state index in [2.05, 4.69) is 23.6 Å². The Morgan fingerprint density at radius 3 is 3.00 bits per heavy atom. The van der Waals surface area contributed by atoms with Crippen LogP contribution < -0.4 is 5.32 Å². The molecule has 2 heterocycles. The zero-order valence-electron chi connectivity index (χ0n) is 9.44. The largest absolute Gasteiger partial charge is 0.336 e. The van der Waals surface area contributed by atoms with Gasteiger partial charge in [-0.3, -0.25) is 0 Å². The number of amidine groups is 1. The molecule has 96 valence electrons. The van der Waals surface area contributed by atoms with Crippen molar-refractivity contribution in [2.24, 2.45) is 10.3 Å². The minimum atomic E-state index is -3.53. The van der Waals surface area contributed by atoms with E-state index in [0.29, 0.717) is 23.2 Å². The third-order valence-electron chi connectivity index (χ3n) is 2.09. The van der Waals surface area contributed by atoms with Gasteiger partial charge >= 0.3 is 0 Å². The van der Waals surface area contributed by atoms with Gasteiger partial charge in [0.1, 0.15) is 4.24 Å². The van der Waals surface area contributed by atoms with Crippen molar-refractivity contribution in [1.29, 1.82) is 0 Å². The van der Waals surface area contributed by atoms with E-state index in [1.165, 1.54) is 11.8 Å². The average molecular weight is 313 g/mol. The number of alkyl halides is 1. The monoisotopic (exact) mass is 312 g/mol. The predicted octanol–water partition coefficient (Wildman–Crippen LogP) is 2.54. The second-order valence-corrected chi connectivity index (χ2v) is 9.01. The Bertz CT molecular complexity index is 484. The maximum atomic E-state index is 11.9. The van der Waals surface area contributed by atoms with E-state index in [4.69, 9.17) is 11.6 Å². The third-order valence-corrected chi connectivity index (χ3v) is 6.87. The van der Waals surface area contributed by atoms with Crippen molar-refractivity contribution in [1.82, 2.24) is 5.32 Å². The van der Waals surface area contributed by atoms with Crippen molar-refractivity contribution in [3.63, 3.8) is 0 Å². The van der Waals surface area contributed by atoms with Crippen molar-refractivity contribution in [3.05, 3.63) is 9.93 Å². The number of hydrogen-bond acceptors (Lipinski definition) is 5. The van der Waals surface area contributed by atoms with Crippen LogP contribution >= 0.6 is 35.1 Å². The fraction of sp³-hybridized carbons (Fsp3) is 0.667. The molecule has 0 amide bonds. The van der Waals surface area contributed by atoms with Gasteiger partial charge in [0.2, 0.25) is 0 Å². The highest BCUT2D eigenvalue weighted by molar-refractivity contribution is 8.20. The van der Waals surface area contributed by atoms with E-state index in [9.17, 15) is 8.42 Å². The Kier molecular flexibility index (Phi) is 4.02. The van der Waals surface area contributed by atoms with Gasteiger partial charge in [-0.15, -0.1) is 16.0 Å². The lowest BCUT2D eigenvalue weighted by atomic mass is 10.3. The molecule has 0 radical (unpaired) electrons. The zero-order chi connectivity index (χ0) is 12.6. The quantitative estimate of drug-likeness (QED) is 0.794. The summed E-state index contributed by atoms with van der Waals surface area (Å²) in [6.45, 7) is 4.16. The van der Waals surface area contributed by atoms with Crippen LogP contribution in [-0.4, -0.2) is 24.0 Å². The number of rotatable bonds is 2. The smallest absolute Gasteiger partial charge is 0.292 e. The summed E-state index contributed by atoms with van der Waals surface area (Å²) in [6.07, 6.45) is 0.544. The van der Waals surface area contributed by atoms with Crippen LogP contribution in [0.3, 0.4) is 0 Å². The topological polar surface area (TPSA) is 58.5 Å². The van der Waals surface area contributed by atoms with E-state index in [1.54, 1.807) is 0 Å². The molecule has 0 saturated carbocycles. The van der Waals surface area contributed by atoms with Gasteiger partial charge in [0.25, 0.3) is 10.0 Å². The summed E-state index contributed by atoms with van der Waals surface area (Å²) in [7, 11) is -3.53. The molecule has 2 aliphatic heterocycles. The maximum Gasteiger partial charge on any atom is 0.292 e. The van der Waals surface area contributed by atoms with Crippen LogP contribution in [0.25, 0.3) is 0 Å². The molecule has 0 saturated heterocycles. The Hall–Kier alpha value is 0.150. The van der Waals surface area contributed by atoms with Crippen LogP contribution in [0.2, 0.25) is 0 Å². The first-order valence-electron chi connectivity index (χ1n) is 5.17. The van der Waals surface area contributed by atoms with Gasteiger partial charge in [-0.1, -0.05) is 37.4 Å². The molecule has 2 rings (SSSR count). The molecule has 0 spiro atoms. The number of thioether (sulfide) groups is 2. The van der Waals surface area contributed by atoms with Gasteiger partial charge in [-0.2, -0.15) is 8.42 Å². The van der Waals surface area contributed by atoms with Gasteiger partial charge < -0.3 is 5.32 Å². The first-order valence-corrected chi connectivity index (χ1v) is 8.91. The number of nitrogens with one attached hydrogen (secondary N) is 1. The average Bonchev–Trinajstić information content (AvgIpc) is 2.56. The molecule has 0 aromatic carbocycles. The highest BCUT2D eigenvalue weighted by Crippen LogP contribution is 2.44. The normalized spacial score (nSPS) is 26.8. The number of sulfonamides is 1. The number of hydrogen-bond donors (Lipinski definition) is 1. The molecule has 0 bridgehead atoms. The number of halogens is 1. The van der Waals surface area contributed by atoms with Crippen LogP contribution in [-0.2, 0) is 10.0 Å². The van der Waals surface area contributed by atoms with E-state index in [1.807, 2.05) is 0 Å². The maximum absolute atomic E-state index is 11.9. The lowest BCUT2D eigenvalue weighted by molar-refractivity contribution is 0.604. The molecule has 1 unspecified atom stereocenters. The molecule has 8 heteroatoms. The fourth-order valence-corrected chi connectivity index (χ4v) is 5.67. The van der Waals surface area contributed by atoms with Crippen molar-refractivity contribution in [3.8, 4) is 0 Å². The van der Waals surface area contributed by atoms with Crippen molar-refractivity contribution in [2.75, 3.05) is 5.75 Å². The molecule has 1 atom stereocenters. The molecule has 2 aliphatic rings. The second-order valence-electron chi connectivity index (χ2n) is 4.20. The summed E-state index contributed by atoms with van der Waals surface area (Å²) in [6, 6.07) is 0. The predicted molar refractivity (Wildman–Crippen MR) is 75.7 cm³/mol. The van der Waals surface area contributed by atoms with Gasteiger partial charge in [0, 0.05) is 17.9 Å². The summed E-state index contributed by atoms with van der Waals surface area (Å²) < 4.78 is 27.6.